The van der Waals surface area contributed by atoms with E-state index in [0.717, 1.165) is 29.4 Å². The van der Waals surface area contributed by atoms with Gasteiger partial charge in [-0.2, -0.15) is 0 Å². The van der Waals surface area contributed by atoms with Gasteiger partial charge in [0.2, 0.25) is 5.91 Å². The first-order valence-electron chi connectivity index (χ1n) is 10.4. The van der Waals surface area contributed by atoms with Gasteiger partial charge in [-0.05, 0) is 23.1 Å². The van der Waals surface area contributed by atoms with Crippen molar-refractivity contribution in [1.82, 2.24) is 4.90 Å². The molecule has 0 unspecified atom stereocenters. The molecule has 0 N–H and O–H groups in total. The summed E-state index contributed by atoms with van der Waals surface area (Å²) < 4.78 is 0. The molecule has 1 heterocycles. The maximum atomic E-state index is 13.4. The van der Waals surface area contributed by atoms with Crippen LogP contribution in [0.15, 0.2) is 96.0 Å². The summed E-state index contributed by atoms with van der Waals surface area (Å²) >= 11 is 1.69. The van der Waals surface area contributed by atoms with E-state index in [9.17, 15) is 4.79 Å². The van der Waals surface area contributed by atoms with Crippen LogP contribution < -0.4 is 0 Å². The van der Waals surface area contributed by atoms with Gasteiger partial charge in [-0.15, -0.1) is 0 Å². The summed E-state index contributed by atoms with van der Waals surface area (Å²) in [5.41, 5.74) is 3.50. The van der Waals surface area contributed by atoms with Crippen molar-refractivity contribution in [3.63, 3.8) is 0 Å². The molecule has 3 aromatic rings. The highest BCUT2D eigenvalue weighted by molar-refractivity contribution is 8.13. The highest BCUT2D eigenvalue weighted by atomic mass is 32.2. The maximum Gasteiger partial charge on any atom is 0.229 e. The van der Waals surface area contributed by atoms with Crippen LogP contribution in [-0.4, -0.2) is 28.3 Å². The first-order chi connectivity index (χ1) is 14.8. The van der Waals surface area contributed by atoms with E-state index in [1.54, 1.807) is 11.8 Å². The van der Waals surface area contributed by atoms with Crippen LogP contribution in [0.2, 0.25) is 0 Å². The molecule has 1 saturated heterocycles. The molecule has 1 aliphatic rings. The smallest absolute Gasteiger partial charge is 0.229 e. The number of thioether (sulfide) groups is 1. The fraction of sp³-hybridized carbons (Fsp3) is 0.231. The average Bonchev–Trinajstić information content (AvgIpc) is 2.83. The zero-order chi connectivity index (χ0) is 20.6. The third kappa shape index (κ3) is 5.19. The van der Waals surface area contributed by atoms with E-state index >= 15 is 0 Å². The van der Waals surface area contributed by atoms with Crippen LogP contribution >= 0.6 is 11.8 Å². The third-order valence-corrected chi connectivity index (χ3v) is 6.41. The maximum absolute atomic E-state index is 13.4. The van der Waals surface area contributed by atoms with Crippen molar-refractivity contribution >= 4 is 22.8 Å². The van der Waals surface area contributed by atoms with Crippen LogP contribution in [0.1, 0.15) is 35.4 Å². The number of rotatable bonds is 6. The number of benzene rings is 3. The van der Waals surface area contributed by atoms with Gasteiger partial charge in [-0.3, -0.25) is 14.7 Å². The molecule has 0 aliphatic carbocycles. The lowest BCUT2D eigenvalue weighted by Gasteiger charge is -2.29. The Morgan fingerprint density at radius 1 is 0.867 bits per heavy atom. The molecular formula is C26H26N2OS. The van der Waals surface area contributed by atoms with Crippen molar-refractivity contribution in [3.8, 4) is 0 Å². The van der Waals surface area contributed by atoms with Gasteiger partial charge in [-0.1, -0.05) is 103 Å². The molecule has 3 aromatic carbocycles. The fourth-order valence-corrected chi connectivity index (χ4v) is 4.71. The van der Waals surface area contributed by atoms with Gasteiger partial charge in [0.25, 0.3) is 0 Å². The molecule has 0 aromatic heterocycles. The highest BCUT2D eigenvalue weighted by Crippen LogP contribution is 2.30. The minimum absolute atomic E-state index is 0.0437. The summed E-state index contributed by atoms with van der Waals surface area (Å²) in [6, 6.07) is 30.8. The van der Waals surface area contributed by atoms with Crippen LogP contribution in [0.25, 0.3) is 0 Å². The number of aliphatic imine (C=N–C) groups is 1. The predicted octanol–water partition coefficient (Wildman–Crippen LogP) is 5.73. The van der Waals surface area contributed by atoms with Gasteiger partial charge in [-0.25, -0.2) is 0 Å². The van der Waals surface area contributed by atoms with Crippen molar-refractivity contribution < 1.29 is 4.79 Å². The summed E-state index contributed by atoms with van der Waals surface area (Å²) in [7, 11) is 0. The monoisotopic (exact) mass is 414 g/mol. The summed E-state index contributed by atoms with van der Waals surface area (Å²) in [4.78, 5) is 20.1. The van der Waals surface area contributed by atoms with E-state index in [1.165, 1.54) is 11.1 Å². The zero-order valence-electron chi connectivity index (χ0n) is 17.0. The second kappa shape index (κ2) is 10.3. The van der Waals surface area contributed by atoms with Crippen molar-refractivity contribution in [1.29, 1.82) is 0 Å². The fourth-order valence-electron chi connectivity index (χ4n) is 3.75. The molecule has 4 rings (SSSR count). The number of carbonyl (C=O) groups is 1. The van der Waals surface area contributed by atoms with Crippen LogP contribution in [0.5, 0.6) is 0 Å². The molecule has 152 valence electrons. The molecule has 1 amide bonds. The normalized spacial score (nSPS) is 15.5. The van der Waals surface area contributed by atoms with Crippen molar-refractivity contribution in [2.75, 3.05) is 12.3 Å². The summed E-state index contributed by atoms with van der Waals surface area (Å²) in [6.07, 6.45) is 1.45. The van der Waals surface area contributed by atoms with E-state index in [4.69, 9.17) is 4.99 Å². The number of hydrogen-bond donors (Lipinski definition) is 0. The Morgan fingerprint density at radius 2 is 1.43 bits per heavy atom. The summed E-state index contributed by atoms with van der Waals surface area (Å²) in [5.74, 6) is 1.20. The van der Waals surface area contributed by atoms with E-state index < -0.39 is 0 Å². The van der Waals surface area contributed by atoms with Gasteiger partial charge in [0.1, 0.15) is 0 Å². The molecule has 1 aliphatic heterocycles. The van der Waals surface area contributed by atoms with Gasteiger partial charge >= 0.3 is 0 Å². The molecule has 0 atom stereocenters. The lowest BCUT2D eigenvalue weighted by molar-refractivity contribution is -0.127. The second-order valence-electron chi connectivity index (χ2n) is 7.41. The Labute approximate surface area is 182 Å². The summed E-state index contributed by atoms with van der Waals surface area (Å²) in [5, 5.41) is 0.856. The molecule has 3 nitrogen and oxygen atoms in total. The highest BCUT2D eigenvalue weighted by Gasteiger charge is 2.27. The van der Waals surface area contributed by atoms with Crippen molar-refractivity contribution in [3.05, 3.63) is 108 Å². The van der Waals surface area contributed by atoms with Gasteiger partial charge in [0.05, 0.1) is 6.54 Å². The van der Waals surface area contributed by atoms with E-state index in [-0.39, 0.29) is 11.8 Å². The predicted molar refractivity (Wildman–Crippen MR) is 126 cm³/mol. The van der Waals surface area contributed by atoms with E-state index in [1.807, 2.05) is 59.5 Å². The first-order valence-corrected chi connectivity index (χ1v) is 11.4. The molecule has 4 heteroatoms. The van der Waals surface area contributed by atoms with Crippen LogP contribution in [0.3, 0.4) is 0 Å². The third-order valence-electron chi connectivity index (χ3n) is 5.31. The van der Waals surface area contributed by atoms with Gasteiger partial charge in [0.15, 0.2) is 5.17 Å². The minimum atomic E-state index is 0.0437. The number of amidine groups is 1. The van der Waals surface area contributed by atoms with Crippen LogP contribution in [0, 0.1) is 0 Å². The SMILES string of the molecule is O=C(CC(c1ccccc1)c1ccccc1)N1CCCSC1=NCc1ccccc1. The topological polar surface area (TPSA) is 32.7 Å². The Bertz CT molecular complexity index is 934. The second-order valence-corrected chi connectivity index (χ2v) is 8.47. The lowest BCUT2D eigenvalue weighted by atomic mass is 9.88. The number of nitrogens with zero attached hydrogens (tertiary/aromatic N) is 2. The van der Waals surface area contributed by atoms with E-state index in [0.29, 0.717) is 13.0 Å². The molecule has 0 spiro atoms. The number of hydrogen-bond acceptors (Lipinski definition) is 3. The molecule has 0 saturated carbocycles. The average molecular weight is 415 g/mol. The van der Waals surface area contributed by atoms with Crippen LogP contribution in [-0.2, 0) is 11.3 Å². The van der Waals surface area contributed by atoms with Gasteiger partial charge in [0, 0.05) is 24.6 Å². The standard InChI is InChI=1S/C26H26N2OS/c29-25(19-24(22-13-6-2-7-14-22)23-15-8-3-9-16-23)28-17-10-18-30-26(28)27-20-21-11-4-1-5-12-21/h1-9,11-16,24H,10,17-20H2. The Balaban J connectivity index is 1.54. The largest absolute Gasteiger partial charge is 0.292 e. The molecule has 0 bridgehead atoms. The van der Waals surface area contributed by atoms with Crippen molar-refractivity contribution in [2.24, 2.45) is 4.99 Å². The quantitative estimate of drug-likeness (QED) is 0.516. The molecular weight excluding hydrogens is 388 g/mol. The van der Waals surface area contributed by atoms with Gasteiger partial charge < -0.3 is 0 Å². The molecule has 1 fully saturated rings. The molecule has 0 radical (unpaired) electrons. The number of carbonyl (C=O) groups excluding carboxylic acids is 1. The first kappa shape index (κ1) is 20.4. The Morgan fingerprint density at radius 3 is 2.03 bits per heavy atom. The lowest BCUT2D eigenvalue weighted by Crippen LogP contribution is -2.40. The zero-order valence-corrected chi connectivity index (χ0v) is 17.8. The summed E-state index contributed by atoms with van der Waals surface area (Å²) in [6.45, 7) is 1.35. The molecule has 30 heavy (non-hydrogen) atoms. The minimum Gasteiger partial charge on any atom is -0.292 e. The van der Waals surface area contributed by atoms with E-state index in [2.05, 4.69) is 36.4 Å². The Hall–Kier alpha value is -2.85. The Kier molecular flexibility index (Phi) is 6.99. The van der Waals surface area contributed by atoms with Crippen LogP contribution in [0.4, 0.5) is 0 Å². The number of amides is 1. The van der Waals surface area contributed by atoms with Crippen molar-refractivity contribution in [2.45, 2.75) is 25.3 Å².